The van der Waals surface area contributed by atoms with Crippen LogP contribution in [0.2, 0.25) is 5.02 Å². The largest absolute Gasteiger partial charge is 0.347 e. The Morgan fingerprint density at radius 2 is 2.00 bits per heavy atom. The molecule has 0 aromatic heterocycles. The zero-order valence-corrected chi connectivity index (χ0v) is 10.5. The Hall–Kier alpha value is -0.570. The summed E-state index contributed by atoms with van der Waals surface area (Å²) in [5, 5.41) is 0.749. The molecule has 2 rings (SSSR count). The fraction of sp³-hybridized carbons (Fsp3) is 0.538. The van der Waals surface area contributed by atoms with Crippen molar-refractivity contribution in [1.82, 2.24) is 0 Å². The Kier molecular flexibility index (Phi) is 3.53. The summed E-state index contributed by atoms with van der Waals surface area (Å²) < 4.78 is 11.8. The highest BCUT2D eigenvalue weighted by Gasteiger charge is 2.39. The molecule has 88 valence electrons. The third kappa shape index (κ3) is 2.10. The van der Waals surface area contributed by atoms with Gasteiger partial charge in [0, 0.05) is 10.6 Å². The van der Waals surface area contributed by atoms with E-state index in [1.165, 1.54) is 0 Å². The number of ether oxygens (including phenoxy) is 2. The smallest absolute Gasteiger partial charge is 0.168 e. The minimum absolute atomic E-state index is 0.0337. The van der Waals surface area contributed by atoms with Gasteiger partial charge in [-0.3, -0.25) is 0 Å². The molecule has 3 heteroatoms. The molecule has 0 bridgehead atoms. The average molecular weight is 241 g/mol. The van der Waals surface area contributed by atoms with E-state index in [0.29, 0.717) is 6.61 Å². The number of hydrogen-bond donors (Lipinski definition) is 0. The SMILES string of the molecule is CCC1(CC)OCC(c2ccccc2Cl)O1. The summed E-state index contributed by atoms with van der Waals surface area (Å²) in [7, 11) is 0. The molecule has 2 nitrogen and oxygen atoms in total. The molecule has 0 N–H and O–H groups in total. The van der Waals surface area contributed by atoms with Gasteiger partial charge in [-0.05, 0) is 18.9 Å². The van der Waals surface area contributed by atoms with Crippen LogP contribution >= 0.6 is 11.6 Å². The highest BCUT2D eigenvalue weighted by molar-refractivity contribution is 6.31. The van der Waals surface area contributed by atoms with Crippen LogP contribution in [0.3, 0.4) is 0 Å². The van der Waals surface area contributed by atoms with Crippen LogP contribution in [-0.2, 0) is 9.47 Å². The zero-order valence-electron chi connectivity index (χ0n) is 9.70. The maximum Gasteiger partial charge on any atom is 0.168 e. The first-order valence-electron chi connectivity index (χ1n) is 5.77. The molecule has 1 aliphatic rings. The van der Waals surface area contributed by atoms with E-state index in [-0.39, 0.29) is 6.10 Å². The predicted octanol–water partition coefficient (Wildman–Crippen LogP) is 3.94. The Morgan fingerprint density at radius 3 is 2.56 bits per heavy atom. The number of hydrogen-bond acceptors (Lipinski definition) is 2. The van der Waals surface area contributed by atoms with Crippen molar-refractivity contribution in [2.45, 2.75) is 38.6 Å². The number of benzene rings is 1. The van der Waals surface area contributed by atoms with Crippen molar-refractivity contribution >= 4 is 11.6 Å². The van der Waals surface area contributed by atoms with Crippen molar-refractivity contribution < 1.29 is 9.47 Å². The van der Waals surface area contributed by atoms with Gasteiger partial charge in [0.15, 0.2) is 5.79 Å². The van der Waals surface area contributed by atoms with E-state index in [9.17, 15) is 0 Å². The van der Waals surface area contributed by atoms with Gasteiger partial charge in [-0.1, -0.05) is 43.6 Å². The Bertz CT molecular complexity index is 361. The van der Waals surface area contributed by atoms with Gasteiger partial charge < -0.3 is 9.47 Å². The molecule has 0 saturated carbocycles. The Balaban J connectivity index is 2.18. The fourth-order valence-corrected chi connectivity index (χ4v) is 2.32. The maximum atomic E-state index is 6.15. The van der Waals surface area contributed by atoms with E-state index in [1.54, 1.807) is 0 Å². The van der Waals surface area contributed by atoms with E-state index in [4.69, 9.17) is 21.1 Å². The predicted molar refractivity (Wildman–Crippen MR) is 64.5 cm³/mol. The van der Waals surface area contributed by atoms with Gasteiger partial charge >= 0.3 is 0 Å². The second-order valence-electron chi connectivity index (χ2n) is 4.06. The van der Waals surface area contributed by atoms with Crippen LogP contribution in [0.1, 0.15) is 38.4 Å². The molecule has 0 amide bonds. The summed E-state index contributed by atoms with van der Waals surface area (Å²) in [5.41, 5.74) is 1.02. The first kappa shape index (κ1) is 11.9. The molecule has 1 saturated heterocycles. The minimum Gasteiger partial charge on any atom is -0.347 e. The van der Waals surface area contributed by atoms with E-state index in [2.05, 4.69) is 13.8 Å². The van der Waals surface area contributed by atoms with Crippen LogP contribution in [0, 0.1) is 0 Å². The number of halogens is 1. The van der Waals surface area contributed by atoms with Gasteiger partial charge in [0.05, 0.1) is 6.61 Å². The van der Waals surface area contributed by atoms with Crippen LogP contribution < -0.4 is 0 Å². The van der Waals surface area contributed by atoms with E-state index in [1.807, 2.05) is 24.3 Å². The minimum atomic E-state index is -0.413. The summed E-state index contributed by atoms with van der Waals surface area (Å²) in [6.07, 6.45) is 1.70. The second kappa shape index (κ2) is 4.74. The average Bonchev–Trinajstić information content (AvgIpc) is 2.75. The molecule has 1 aromatic rings. The molecule has 1 atom stereocenters. The van der Waals surface area contributed by atoms with Crippen molar-refractivity contribution in [1.29, 1.82) is 0 Å². The van der Waals surface area contributed by atoms with Crippen molar-refractivity contribution in [3.8, 4) is 0 Å². The van der Waals surface area contributed by atoms with Gasteiger partial charge in [-0.2, -0.15) is 0 Å². The van der Waals surface area contributed by atoms with Crippen molar-refractivity contribution in [3.05, 3.63) is 34.9 Å². The monoisotopic (exact) mass is 240 g/mol. The summed E-state index contributed by atoms with van der Waals surface area (Å²) in [6, 6.07) is 7.78. The Labute approximate surface area is 102 Å². The quantitative estimate of drug-likeness (QED) is 0.797. The molecule has 0 radical (unpaired) electrons. The summed E-state index contributed by atoms with van der Waals surface area (Å²) in [4.78, 5) is 0. The van der Waals surface area contributed by atoms with Crippen LogP contribution in [0.15, 0.2) is 24.3 Å². The molecule has 1 unspecified atom stereocenters. The standard InChI is InChI=1S/C13H17ClO2/c1-3-13(4-2)15-9-12(16-13)10-7-5-6-8-11(10)14/h5-8,12H,3-4,9H2,1-2H3. The van der Waals surface area contributed by atoms with Gasteiger partial charge in [-0.25, -0.2) is 0 Å². The highest BCUT2D eigenvalue weighted by Crippen LogP contribution is 2.39. The molecule has 16 heavy (non-hydrogen) atoms. The molecular formula is C13H17ClO2. The van der Waals surface area contributed by atoms with Crippen LogP contribution in [0.4, 0.5) is 0 Å². The molecule has 0 aliphatic carbocycles. The second-order valence-corrected chi connectivity index (χ2v) is 4.46. The normalized spacial score (nSPS) is 23.6. The lowest BCUT2D eigenvalue weighted by Gasteiger charge is -2.25. The maximum absolute atomic E-state index is 6.15. The summed E-state index contributed by atoms with van der Waals surface area (Å²) in [5.74, 6) is -0.413. The lowest BCUT2D eigenvalue weighted by Crippen LogP contribution is -2.27. The molecule has 1 aromatic carbocycles. The molecule has 1 heterocycles. The van der Waals surface area contributed by atoms with E-state index in [0.717, 1.165) is 23.4 Å². The molecular weight excluding hydrogens is 224 g/mol. The molecule has 1 aliphatic heterocycles. The highest BCUT2D eigenvalue weighted by atomic mass is 35.5. The van der Waals surface area contributed by atoms with Gasteiger partial charge in [0.2, 0.25) is 0 Å². The zero-order chi connectivity index (χ0) is 11.6. The van der Waals surface area contributed by atoms with Crippen molar-refractivity contribution in [2.75, 3.05) is 6.61 Å². The topological polar surface area (TPSA) is 18.5 Å². The lowest BCUT2D eigenvalue weighted by atomic mass is 10.1. The van der Waals surface area contributed by atoms with E-state index >= 15 is 0 Å². The van der Waals surface area contributed by atoms with Crippen LogP contribution in [-0.4, -0.2) is 12.4 Å². The van der Waals surface area contributed by atoms with Crippen LogP contribution in [0.5, 0.6) is 0 Å². The summed E-state index contributed by atoms with van der Waals surface area (Å²) >= 11 is 6.15. The first-order chi connectivity index (χ1) is 7.71. The Morgan fingerprint density at radius 1 is 1.31 bits per heavy atom. The third-order valence-electron chi connectivity index (χ3n) is 3.18. The van der Waals surface area contributed by atoms with Crippen LogP contribution in [0.25, 0.3) is 0 Å². The van der Waals surface area contributed by atoms with Gasteiger partial charge in [0.1, 0.15) is 6.10 Å². The van der Waals surface area contributed by atoms with E-state index < -0.39 is 5.79 Å². The summed E-state index contributed by atoms with van der Waals surface area (Å²) in [6.45, 7) is 4.75. The van der Waals surface area contributed by atoms with Crippen molar-refractivity contribution in [2.24, 2.45) is 0 Å². The first-order valence-corrected chi connectivity index (χ1v) is 6.15. The molecule has 1 fully saturated rings. The van der Waals surface area contributed by atoms with Crippen molar-refractivity contribution in [3.63, 3.8) is 0 Å². The molecule has 0 spiro atoms. The number of rotatable bonds is 3. The van der Waals surface area contributed by atoms with Gasteiger partial charge in [-0.15, -0.1) is 0 Å². The fourth-order valence-electron chi connectivity index (χ4n) is 2.07. The third-order valence-corrected chi connectivity index (χ3v) is 3.53. The van der Waals surface area contributed by atoms with Gasteiger partial charge in [0.25, 0.3) is 0 Å². The lowest BCUT2D eigenvalue weighted by molar-refractivity contribution is -0.172.